The zero-order chi connectivity index (χ0) is 37.9. The minimum absolute atomic E-state index is 0.0922. The summed E-state index contributed by atoms with van der Waals surface area (Å²) in [6.07, 6.45) is 2.66. The van der Waals surface area contributed by atoms with Crippen LogP contribution in [0.25, 0.3) is 65.7 Å². The predicted molar refractivity (Wildman–Crippen MR) is 246 cm³/mol. The van der Waals surface area contributed by atoms with E-state index in [0.717, 1.165) is 0 Å². The molecule has 0 N–H and O–H groups in total. The molecule has 3 aliphatic rings. The van der Waals surface area contributed by atoms with Crippen LogP contribution in [0.5, 0.6) is 0 Å². The highest BCUT2D eigenvalue weighted by molar-refractivity contribution is 7.05. The zero-order valence-corrected chi connectivity index (χ0v) is 33.5. The summed E-state index contributed by atoms with van der Waals surface area (Å²) in [4.78, 5) is 2.66. The average Bonchev–Trinajstić information content (AvgIpc) is 3.84. The second kappa shape index (κ2) is 12.1. The van der Waals surface area contributed by atoms with Gasteiger partial charge in [-0.25, -0.2) is 0 Å². The summed E-state index contributed by atoms with van der Waals surface area (Å²) >= 11 is 0. The van der Waals surface area contributed by atoms with Gasteiger partial charge in [0.2, 0.25) is 0 Å². The Bertz CT molecular complexity index is 3080. The summed E-state index contributed by atoms with van der Waals surface area (Å²) in [6, 6.07) is 70.0. The third-order valence-corrected chi connectivity index (χ3v) is 19.3. The lowest BCUT2D eigenvalue weighted by Crippen LogP contribution is -2.60. The van der Waals surface area contributed by atoms with Crippen LogP contribution in [0.4, 0.5) is 17.1 Å². The van der Waals surface area contributed by atoms with E-state index in [1.807, 2.05) is 0 Å². The lowest BCUT2D eigenvalue weighted by molar-refractivity contribution is 0.660. The largest absolute Gasteiger partial charge is 0.309 e. The van der Waals surface area contributed by atoms with E-state index in [2.05, 4.69) is 195 Å². The Morgan fingerprint density at radius 2 is 1.02 bits per heavy atom. The molecule has 9 aromatic rings. The Hall–Kier alpha value is -6.22. The number of para-hydroxylation sites is 2. The van der Waals surface area contributed by atoms with Crippen LogP contribution in [0.2, 0.25) is 12.1 Å². The summed E-state index contributed by atoms with van der Waals surface area (Å²) < 4.78 is 0. The number of hydrogen-bond acceptors (Lipinski definition) is 1. The van der Waals surface area contributed by atoms with Gasteiger partial charge in [-0.2, -0.15) is 0 Å². The van der Waals surface area contributed by atoms with E-state index in [9.17, 15) is 0 Å². The van der Waals surface area contributed by atoms with Crippen LogP contribution in [0.1, 0.15) is 37.8 Å². The van der Waals surface area contributed by atoms with Crippen LogP contribution in [0.3, 0.4) is 0 Å². The van der Waals surface area contributed by atoms with Gasteiger partial charge < -0.3 is 4.90 Å². The Labute approximate surface area is 335 Å². The van der Waals surface area contributed by atoms with Crippen molar-refractivity contribution >= 4 is 67.8 Å². The molecule has 1 spiro atoms. The van der Waals surface area contributed by atoms with Gasteiger partial charge in [0.05, 0.1) is 5.69 Å². The fourth-order valence-electron chi connectivity index (χ4n) is 11.3. The first-order valence-corrected chi connectivity index (χ1v) is 23.1. The normalized spacial score (nSPS) is 15.9. The van der Waals surface area contributed by atoms with Crippen molar-refractivity contribution in [1.29, 1.82) is 0 Å². The van der Waals surface area contributed by atoms with Gasteiger partial charge >= 0.3 is 0 Å². The molecule has 2 heterocycles. The highest BCUT2D eigenvalue weighted by atomic mass is 28.3. The maximum atomic E-state index is 2.66. The quantitative estimate of drug-likeness (QED) is 0.129. The minimum atomic E-state index is -1.90. The molecule has 1 fully saturated rings. The third-order valence-electron chi connectivity index (χ3n) is 14.0. The molecular formula is C55H43NSi. The zero-order valence-electron chi connectivity index (χ0n) is 32.5. The molecular weight excluding hydrogens is 703 g/mol. The monoisotopic (exact) mass is 745 g/mol. The van der Waals surface area contributed by atoms with E-state index in [1.165, 1.54) is 119 Å². The Kier molecular flexibility index (Phi) is 7.02. The number of rotatable bonds is 3. The van der Waals surface area contributed by atoms with Crippen molar-refractivity contribution in [2.75, 3.05) is 4.90 Å². The molecule has 1 saturated heterocycles. The molecule has 0 atom stereocenters. The number of hydrogen-bond donors (Lipinski definition) is 0. The topological polar surface area (TPSA) is 3.24 Å². The SMILES string of the molecule is CC1(C)c2ccccc2-c2ccc(-c3c4ccccc4c(N4c5ccccc5[Si]5(CCCC5)c5ccccc54)c4ccc(-c5ccc6ccccc6c5)cc34)cc21. The van der Waals surface area contributed by atoms with Crippen molar-refractivity contribution in [3.8, 4) is 33.4 Å². The van der Waals surface area contributed by atoms with Crippen molar-refractivity contribution in [3.05, 3.63) is 187 Å². The average molecular weight is 746 g/mol. The van der Waals surface area contributed by atoms with E-state index in [-0.39, 0.29) is 5.41 Å². The molecule has 1 aliphatic carbocycles. The third kappa shape index (κ3) is 4.62. The van der Waals surface area contributed by atoms with Gasteiger partial charge in [0.1, 0.15) is 8.07 Å². The fraction of sp³-hybridized carbons (Fsp3) is 0.127. The second-order valence-electron chi connectivity index (χ2n) is 17.2. The molecule has 2 aliphatic heterocycles. The number of fused-ring (bicyclic) bond motifs is 10. The highest BCUT2D eigenvalue weighted by Gasteiger charge is 2.47. The van der Waals surface area contributed by atoms with Gasteiger partial charge in [0, 0.05) is 27.6 Å². The standard InChI is InChI=1S/C55H43NSi/c1-55(2)47-20-8-7-17-41(47)42-29-28-40(35-48(42)55)53-43-18-5-6-19-44(43)54(45-30-27-39(34-46(45)53)38-26-25-36-15-3-4-16-37(36)33-38)56-49-21-9-11-23-51(49)57(31-13-14-32-57)52-24-12-10-22-50(52)56/h3-12,15-30,33-35H,13-14,31-32H2,1-2H3. The molecule has 0 amide bonds. The summed E-state index contributed by atoms with van der Waals surface area (Å²) in [5.41, 5.74) is 14.5. The molecule has 12 rings (SSSR count). The molecule has 0 bridgehead atoms. The van der Waals surface area contributed by atoms with Crippen LogP contribution in [0.15, 0.2) is 176 Å². The van der Waals surface area contributed by atoms with E-state index in [4.69, 9.17) is 0 Å². The van der Waals surface area contributed by atoms with E-state index >= 15 is 0 Å². The molecule has 0 saturated carbocycles. The molecule has 272 valence electrons. The van der Waals surface area contributed by atoms with Gasteiger partial charge in [0.25, 0.3) is 0 Å². The summed E-state index contributed by atoms with van der Waals surface area (Å²) in [7, 11) is -1.90. The van der Waals surface area contributed by atoms with Crippen molar-refractivity contribution in [2.45, 2.75) is 44.2 Å². The first-order valence-electron chi connectivity index (χ1n) is 20.7. The highest BCUT2D eigenvalue weighted by Crippen LogP contribution is 2.53. The fourth-order valence-corrected chi connectivity index (χ4v) is 16.8. The Balaban J connectivity index is 1.18. The number of nitrogens with zero attached hydrogens (tertiary/aromatic N) is 1. The number of benzene rings is 9. The Morgan fingerprint density at radius 3 is 1.81 bits per heavy atom. The molecule has 0 unspecified atom stereocenters. The van der Waals surface area contributed by atoms with Crippen molar-refractivity contribution in [3.63, 3.8) is 0 Å². The van der Waals surface area contributed by atoms with Gasteiger partial charge in [0.15, 0.2) is 0 Å². The summed E-state index contributed by atoms with van der Waals surface area (Å²) in [5.74, 6) is 0. The molecule has 0 aromatic heterocycles. The molecule has 0 radical (unpaired) electrons. The lowest BCUT2D eigenvalue weighted by atomic mass is 9.80. The molecule has 57 heavy (non-hydrogen) atoms. The molecule has 1 nitrogen and oxygen atoms in total. The van der Waals surface area contributed by atoms with Crippen LogP contribution in [-0.2, 0) is 5.41 Å². The lowest BCUT2D eigenvalue weighted by Gasteiger charge is -2.43. The van der Waals surface area contributed by atoms with Crippen LogP contribution >= 0.6 is 0 Å². The first-order chi connectivity index (χ1) is 28.0. The smallest absolute Gasteiger partial charge is 0.123 e. The van der Waals surface area contributed by atoms with E-state index in [1.54, 1.807) is 10.4 Å². The molecule has 2 heteroatoms. The maximum absolute atomic E-state index is 2.66. The predicted octanol–water partition coefficient (Wildman–Crippen LogP) is 13.9. The first kappa shape index (κ1) is 33.0. The van der Waals surface area contributed by atoms with Gasteiger partial charge in [-0.05, 0) is 119 Å². The summed E-state index contributed by atoms with van der Waals surface area (Å²) in [5, 5.41) is 10.9. The maximum Gasteiger partial charge on any atom is 0.123 e. The Morgan fingerprint density at radius 1 is 0.439 bits per heavy atom. The molecule has 9 aromatic carbocycles. The summed E-state index contributed by atoms with van der Waals surface area (Å²) in [6.45, 7) is 4.79. The van der Waals surface area contributed by atoms with Gasteiger partial charge in [-0.1, -0.05) is 172 Å². The number of anilines is 3. The van der Waals surface area contributed by atoms with E-state index in [0.29, 0.717) is 0 Å². The van der Waals surface area contributed by atoms with Crippen molar-refractivity contribution < 1.29 is 0 Å². The van der Waals surface area contributed by atoms with Gasteiger partial charge in [-0.3, -0.25) is 0 Å². The van der Waals surface area contributed by atoms with Crippen LogP contribution in [0, 0.1) is 0 Å². The van der Waals surface area contributed by atoms with Crippen molar-refractivity contribution in [1.82, 2.24) is 0 Å². The van der Waals surface area contributed by atoms with Crippen LogP contribution in [-0.4, -0.2) is 8.07 Å². The van der Waals surface area contributed by atoms with Crippen LogP contribution < -0.4 is 15.3 Å². The van der Waals surface area contributed by atoms with Crippen molar-refractivity contribution in [2.24, 2.45) is 0 Å². The second-order valence-corrected chi connectivity index (χ2v) is 21.4. The van der Waals surface area contributed by atoms with E-state index < -0.39 is 8.07 Å². The minimum Gasteiger partial charge on any atom is -0.309 e. The van der Waals surface area contributed by atoms with Gasteiger partial charge in [-0.15, -0.1) is 0 Å².